The van der Waals surface area contributed by atoms with Crippen molar-refractivity contribution in [1.29, 1.82) is 0 Å². The molecule has 0 spiro atoms. The third-order valence-corrected chi connectivity index (χ3v) is 7.34. The molecule has 1 aliphatic carbocycles. The van der Waals surface area contributed by atoms with Gasteiger partial charge < -0.3 is 5.73 Å². The Labute approximate surface area is 123 Å². The standard InChI is InChI=1S/C16H32N2S/c1-4-14-6-8-15(9-7-14)18(3)16(12-17)10-5-11-19-13(16)2/h13-15H,4-12,17H2,1-3H3. The van der Waals surface area contributed by atoms with Crippen LogP contribution in [0.2, 0.25) is 0 Å². The molecule has 2 atom stereocenters. The Morgan fingerprint density at radius 2 is 1.95 bits per heavy atom. The van der Waals surface area contributed by atoms with Crippen LogP contribution in [0.3, 0.4) is 0 Å². The van der Waals surface area contributed by atoms with E-state index in [0.717, 1.165) is 18.5 Å². The van der Waals surface area contributed by atoms with Gasteiger partial charge in [-0.1, -0.05) is 20.3 Å². The molecular weight excluding hydrogens is 252 g/mol. The maximum Gasteiger partial charge on any atom is 0.0447 e. The van der Waals surface area contributed by atoms with Crippen molar-refractivity contribution in [1.82, 2.24) is 4.90 Å². The summed E-state index contributed by atoms with van der Waals surface area (Å²) in [4.78, 5) is 2.69. The smallest absolute Gasteiger partial charge is 0.0447 e. The fourth-order valence-electron chi connectivity index (χ4n) is 4.18. The predicted octanol–water partition coefficient (Wildman–Crippen LogP) is 3.50. The number of nitrogens with two attached hydrogens (primary N) is 1. The molecule has 2 fully saturated rings. The maximum atomic E-state index is 6.23. The zero-order valence-electron chi connectivity index (χ0n) is 13.0. The highest BCUT2D eigenvalue weighted by molar-refractivity contribution is 8.00. The van der Waals surface area contributed by atoms with Crippen LogP contribution in [-0.4, -0.2) is 41.1 Å². The van der Waals surface area contributed by atoms with Crippen molar-refractivity contribution >= 4 is 11.8 Å². The lowest BCUT2D eigenvalue weighted by atomic mass is 9.80. The van der Waals surface area contributed by atoms with Crippen LogP contribution < -0.4 is 5.73 Å². The van der Waals surface area contributed by atoms with Crippen molar-refractivity contribution in [3.63, 3.8) is 0 Å². The highest BCUT2D eigenvalue weighted by Gasteiger charge is 2.43. The van der Waals surface area contributed by atoms with Gasteiger partial charge in [-0.2, -0.15) is 11.8 Å². The summed E-state index contributed by atoms with van der Waals surface area (Å²) < 4.78 is 0. The second-order valence-electron chi connectivity index (χ2n) is 6.62. The van der Waals surface area contributed by atoms with E-state index in [-0.39, 0.29) is 5.54 Å². The predicted molar refractivity (Wildman–Crippen MR) is 86.7 cm³/mol. The van der Waals surface area contributed by atoms with Gasteiger partial charge in [0.2, 0.25) is 0 Å². The molecule has 2 nitrogen and oxygen atoms in total. The highest BCUT2D eigenvalue weighted by atomic mass is 32.2. The molecular formula is C16H32N2S. The van der Waals surface area contributed by atoms with Crippen molar-refractivity contribution < 1.29 is 0 Å². The Bertz CT molecular complexity index is 276. The quantitative estimate of drug-likeness (QED) is 0.857. The largest absolute Gasteiger partial charge is 0.329 e. The minimum Gasteiger partial charge on any atom is -0.329 e. The van der Waals surface area contributed by atoms with Crippen LogP contribution in [0.25, 0.3) is 0 Å². The van der Waals surface area contributed by atoms with E-state index in [1.54, 1.807) is 0 Å². The molecule has 1 saturated carbocycles. The number of rotatable bonds is 4. The molecule has 2 rings (SSSR count). The number of thioether (sulfide) groups is 1. The van der Waals surface area contributed by atoms with Crippen LogP contribution in [0.1, 0.15) is 58.8 Å². The van der Waals surface area contributed by atoms with Gasteiger partial charge >= 0.3 is 0 Å². The van der Waals surface area contributed by atoms with Crippen LogP contribution in [0, 0.1) is 5.92 Å². The molecule has 112 valence electrons. The van der Waals surface area contributed by atoms with Gasteiger partial charge in [0.15, 0.2) is 0 Å². The summed E-state index contributed by atoms with van der Waals surface area (Å²) in [7, 11) is 2.35. The molecule has 1 aliphatic heterocycles. The molecule has 0 bridgehead atoms. The zero-order valence-corrected chi connectivity index (χ0v) is 13.8. The summed E-state index contributed by atoms with van der Waals surface area (Å²) in [6.45, 7) is 5.56. The van der Waals surface area contributed by atoms with Gasteiger partial charge in [-0.3, -0.25) is 4.90 Å². The minimum absolute atomic E-state index is 0.257. The molecule has 2 unspecified atom stereocenters. The lowest BCUT2D eigenvalue weighted by Gasteiger charge is -2.52. The average molecular weight is 285 g/mol. The van der Waals surface area contributed by atoms with E-state index >= 15 is 0 Å². The van der Waals surface area contributed by atoms with E-state index in [1.165, 1.54) is 50.7 Å². The Hall–Kier alpha value is 0.270. The Morgan fingerprint density at radius 1 is 1.26 bits per heavy atom. The van der Waals surface area contributed by atoms with Crippen LogP contribution in [-0.2, 0) is 0 Å². The molecule has 0 radical (unpaired) electrons. The van der Waals surface area contributed by atoms with Crippen molar-refractivity contribution in [2.75, 3.05) is 19.3 Å². The molecule has 2 aliphatic rings. The van der Waals surface area contributed by atoms with E-state index < -0.39 is 0 Å². The monoisotopic (exact) mass is 284 g/mol. The molecule has 2 N–H and O–H groups in total. The first-order chi connectivity index (χ1) is 9.14. The maximum absolute atomic E-state index is 6.23. The first-order valence-corrected chi connectivity index (χ1v) is 9.23. The molecule has 1 saturated heterocycles. The third kappa shape index (κ3) is 3.14. The van der Waals surface area contributed by atoms with Gasteiger partial charge in [0.05, 0.1) is 0 Å². The Morgan fingerprint density at radius 3 is 2.47 bits per heavy atom. The van der Waals surface area contributed by atoms with Crippen LogP contribution in [0.15, 0.2) is 0 Å². The van der Waals surface area contributed by atoms with E-state index in [0.29, 0.717) is 5.25 Å². The van der Waals surface area contributed by atoms with Gasteiger partial charge in [-0.25, -0.2) is 0 Å². The van der Waals surface area contributed by atoms with Gasteiger partial charge in [0.25, 0.3) is 0 Å². The molecule has 1 heterocycles. The Kier molecular flexibility index (Phi) is 5.62. The van der Waals surface area contributed by atoms with Gasteiger partial charge in [-0.05, 0) is 57.2 Å². The van der Waals surface area contributed by atoms with E-state index in [9.17, 15) is 0 Å². The van der Waals surface area contributed by atoms with Gasteiger partial charge in [-0.15, -0.1) is 0 Å². The SMILES string of the molecule is CCC1CCC(N(C)C2(CN)CCCSC2C)CC1. The number of likely N-dealkylation sites (N-methyl/N-ethyl adjacent to an activating group) is 1. The summed E-state index contributed by atoms with van der Waals surface area (Å²) in [6, 6.07) is 0.771. The van der Waals surface area contributed by atoms with Crippen LogP contribution in [0.5, 0.6) is 0 Å². The summed E-state index contributed by atoms with van der Waals surface area (Å²) >= 11 is 2.13. The fraction of sp³-hybridized carbons (Fsp3) is 1.00. The lowest BCUT2D eigenvalue weighted by molar-refractivity contribution is 0.0402. The first kappa shape index (κ1) is 15.7. The summed E-state index contributed by atoms with van der Waals surface area (Å²) in [5, 5.41) is 0.681. The van der Waals surface area contributed by atoms with E-state index in [4.69, 9.17) is 5.73 Å². The van der Waals surface area contributed by atoms with Crippen LogP contribution in [0.4, 0.5) is 0 Å². The van der Waals surface area contributed by atoms with E-state index in [1.807, 2.05) is 0 Å². The van der Waals surface area contributed by atoms with E-state index in [2.05, 4.69) is 37.6 Å². The summed E-state index contributed by atoms with van der Waals surface area (Å²) in [6.07, 6.45) is 9.61. The second-order valence-corrected chi connectivity index (χ2v) is 8.07. The van der Waals surface area contributed by atoms with Gasteiger partial charge in [0.1, 0.15) is 0 Å². The first-order valence-electron chi connectivity index (χ1n) is 8.18. The summed E-state index contributed by atoms with van der Waals surface area (Å²) in [5.74, 6) is 2.30. The van der Waals surface area contributed by atoms with Crippen molar-refractivity contribution in [3.05, 3.63) is 0 Å². The molecule has 19 heavy (non-hydrogen) atoms. The molecule has 0 aromatic rings. The molecule has 0 aromatic carbocycles. The van der Waals surface area contributed by atoms with Crippen molar-refractivity contribution in [2.24, 2.45) is 11.7 Å². The number of hydrogen-bond donors (Lipinski definition) is 1. The Balaban J connectivity index is 2.02. The minimum atomic E-state index is 0.257. The van der Waals surface area contributed by atoms with Gasteiger partial charge in [0, 0.05) is 23.4 Å². The number of nitrogens with zero attached hydrogens (tertiary/aromatic N) is 1. The molecule has 3 heteroatoms. The van der Waals surface area contributed by atoms with Crippen molar-refractivity contribution in [3.8, 4) is 0 Å². The molecule has 0 aromatic heterocycles. The average Bonchev–Trinajstić information content (AvgIpc) is 2.47. The van der Waals surface area contributed by atoms with Crippen LogP contribution >= 0.6 is 11.8 Å². The normalized spacial score (nSPS) is 40.6. The second kappa shape index (κ2) is 6.82. The highest BCUT2D eigenvalue weighted by Crippen LogP contribution is 2.41. The topological polar surface area (TPSA) is 29.3 Å². The zero-order chi connectivity index (χ0) is 13.9. The number of hydrogen-bond acceptors (Lipinski definition) is 3. The fourth-order valence-corrected chi connectivity index (χ4v) is 5.53. The van der Waals surface area contributed by atoms with Crippen molar-refractivity contribution in [2.45, 2.75) is 75.6 Å². The lowest BCUT2D eigenvalue weighted by Crippen LogP contribution is -2.62. The third-order valence-electron chi connectivity index (χ3n) is 5.88. The summed E-state index contributed by atoms with van der Waals surface area (Å²) in [5.41, 5.74) is 6.49. The molecule has 0 amide bonds.